The number of benzene rings is 4. The van der Waals surface area contributed by atoms with Gasteiger partial charge in [-0.2, -0.15) is 0 Å². The van der Waals surface area contributed by atoms with Gasteiger partial charge in [0, 0.05) is 131 Å². The Morgan fingerprint density at radius 2 is 0.871 bits per heavy atom. The summed E-state index contributed by atoms with van der Waals surface area (Å²) in [5, 5.41) is 26.6. The Bertz CT molecular complexity index is 4370. The fourth-order valence-electron chi connectivity index (χ4n) is 9.91. The van der Waals surface area contributed by atoms with E-state index in [9.17, 15) is 44.2 Å². The Kier molecular flexibility index (Phi) is 23.5. The number of ether oxygens (including phenoxy) is 7. The molecule has 0 saturated carbocycles. The average Bonchev–Trinajstić information content (AvgIpc) is 1.75. The standard InChI is InChI=1S/C38H49N7O9.C33H41N7O7/c1-36(2,3)52-33(46)42(11)20-19-41(10)28-22-31(51-12)30(21-29(28)45(49)50)44(35(48)54-38(7,8)9)32-39-18-17-26(40-32)25-23-43(34(47)53-37(4,5)6)27-16-14-13-15-24(25)27;1-32(2,3)46-30(41)38(8)17-16-37(7)25-19-28(45-9)27(18-26(25)40(43)44)39(31(42)47-33(4,5)6)29-34-15-14-24(36-29)22-20-35-23-13-11-10-12-21(22)23/h13-18,21-23H,19-20H2,1-12H3;10-15,18-20,35H,16-17H2,1-9H3. The summed E-state index contributed by atoms with van der Waals surface area (Å²) in [4.78, 5) is 119. The van der Waals surface area contributed by atoms with E-state index >= 15 is 0 Å². The van der Waals surface area contributed by atoms with Crippen LogP contribution in [0.5, 0.6) is 11.5 Å². The predicted octanol–water partition coefficient (Wildman–Crippen LogP) is 15.1. The maximum atomic E-state index is 14.0. The lowest BCUT2D eigenvalue weighted by atomic mass is 10.1. The molecule has 4 heterocycles. The second-order valence-electron chi connectivity index (χ2n) is 28.5. The van der Waals surface area contributed by atoms with Crippen LogP contribution in [0.4, 0.5) is 70.0 Å². The number of amides is 4. The lowest BCUT2D eigenvalue weighted by molar-refractivity contribution is -0.384. The van der Waals surface area contributed by atoms with Crippen LogP contribution in [0, 0.1) is 20.2 Å². The van der Waals surface area contributed by atoms with E-state index in [4.69, 9.17) is 43.1 Å². The van der Waals surface area contributed by atoms with Gasteiger partial charge in [-0.15, -0.1) is 0 Å². The van der Waals surface area contributed by atoms with Crippen LogP contribution in [0.15, 0.2) is 110 Å². The third kappa shape index (κ3) is 20.0. The van der Waals surface area contributed by atoms with Crippen molar-refractivity contribution in [2.45, 2.75) is 132 Å². The summed E-state index contributed by atoms with van der Waals surface area (Å²) in [5.74, 6) is -0.0486. The van der Waals surface area contributed by atoms with Gasteiger partial charge in [0.15, 0.2) is 0 Å². The Hall–Kier alpha value is -11.3. The second-order valence-corrected chi connectivity index (χ2v) is 28.5. The molecule has 540 valence electrons. The normalized spacial score (nSPS) is 11.7. The molecule has 0 radical (unpaired) electrons. The van der Waals surface area contributed by atoms with Crippen molar-refractivity contribution in [3.63, 3.8) is 0 Å². The molecule has 0 spiro atoms. The first-order valence-corrected chi connectivity index (χ1v) is 32.1. The van der Waals surface area contributed by atoms with Gasteiger partial charge in [0.2, 0.25) is 11.9 Å². The molecular weight excluding hydrogens is 1300 g/mol. The third-order valence-electron chi connectivity index (χ3n) is 14.5. The number of carbonyl (C=O) groups excluding carboxylic acids is 5. The summed E-state index contributed by atoms with van der Waals surface area (Å²) in [6.07, 6.45) is 2.90. The first-order valence-electron chi connectivity index (χ1n) is 32.1. The van der Waals surface area contributed by atoms with Gasteiger partial charge in [-0.05, 0) is 128 Å². The number of H-pyrrole nitrogens is 1. The highest BCUT2D eigenvalue weighted by molar-refractivity contribution is 6.02. The minimum atomic E-state index is -0.979. The number of aromatic nitrogens is 6. The zero-order valence-corrected chi connectivity index (χ0v) is 61.1. The maximum Gasteiger partial charge on any atom is 0.422 e. The molecule has 0 aliphatic carbocycles. The number of methoxy groups -OCH3 is 2. The van der Waals surface area contributed by atoms with Crippen LogP contribution in [-0.2, 0) is 23.7 Å². The molecule has 0 saturated heterocycles. The number of nitrogens with zero attached hydrogens (tertiary/aromatic N) is 13. The fourth-order valence-corrected chi connectivity index (χ4v) is 9.91. The number of rotatable bonds is 18. The van der Waals surface area contributed by atoms with E-state index in [1.807, 2.05) is 42.6 Å². The lowest BCUT2D eigenvalue weighted by Gasteiger charge is -2.29. The number of hydrogen-bond acceptors (Lipinski definition) is 22. The molecule has 0 unspecified atom stereocenters. The summed E-state index contributed by atoms with van der Waals surface area (Å²) in [6, 6.07) is 23.5. The van der Waals surface area contributed by atoms with E-state index in [-0.39, 0.29) is 83.7 Å². The first-order chi connectivity index (χ1) is 47.0. The number of aromatic amines is 1. The number of nitro groups is 2. The number of likely N-dealkylation sites (N-methyl/N-ethyl adjacent to an activating group) is 4. The monoisotopic (exact) mass is 1390 g/mol. The number of anilines is 6. The van der Waals surface area contributed by atoms with E-state index in [1.54, 1.807) is 172 Å². The summed E-state index contributed by atoms with van der Waals surface area (Å²) < 4.78 is 40.8. The molecule has 4 amide bonds. The maximum absolute atomic E-state index is 14.0. The van der Waals surface area contributed by atoms with Crippen LogP contribution < -0.4 is 29.1 Å². The van der Waals surface area contributed by atoms with Gasteiger partial charge >= 0.3 is 30.5 Å². The zero-order chi connectivity index (χ0) is 75.0. The predicted molar refractivity (Wildman–Crippen MR) is 384 cm³/mol. The molecule has 8 aromatic rings. The molecular formula is C71H90N14O16. The Balaban J connectivity index is 0.000000286. The summed E-state index contributed by atoms with van der Waals surface area (Å²) >= 11 is 0. The molecule has 1 N–H and O–H groups in total. The molecule has 8 rings (SSSR count). The quantitative estimate of drug-likeness (QED) is 0.0474. The molecule has 30 heteroatoms. The average molecular weight is 1400 g/mol. The van der Waals surface area contributed by atoms with Gasteiger partial charge in [0.05, 0.1) is 41.0 Å². The van der Waals surface area contributed by atoms with E-state index in [0.717, 1.165) is 26.3 Å². The largest absolute Gasteiger partial charge is 0.494 e. The van der Waals surface area contributed by atoms with Crippen molar-refractivity contribution < 1.29 is 67.0 Å². The number of fused-ring (bicyclic) bond motifs is 2. The summed E-state index contributed by atoms with van der Waals surface area (Å²) in [7, 11) is 9.20. The van der Waals surface area contributed by atoms with Gasteiger partial charge in [-0.3, -0.25) is 24.8 Å². The van der Waals surface area contributed by atoms with E-state index in [1.165, 1.54) is 65.2 Å². The van der Waals surface area contributed by atoms with Crippen LogP contribution in [0.25, 0.3) is 44.3 Å². The number of carbonyl (C=O) groups is 5. The van der Waals surface area contributed by atoms with Crippen molar-refractivity contribution >= 4 is 98.3 Å². The van der Waals surface area contributed by atoms with Crippen molar-refractivity contribution in [3.05, 3.63) is 130 Å². The third-order valence-corrected chi connectivity index (χ3v) is 14.5. The van der Waals surface area contributed by atoms with Gasteiger partial charge in [-0.1, -0.05) is 36.4 Å². The topological polar surface area (TPSA) is 328 Å². The van der Waals surface area contributed by atoms with Crippen LogP contribution >= 0.6 is 0 Å². The lowest BCUT2D eigenvalue weighted by Crippen LogP contribution is -2.38. The Morgan fingerprint density at radius 1 is 0.485 bits per heavy atom. The molecule has 0 fully saturated rings. The SMILES string of the molecule is COc1cc(N(C)CCN(C)C(=O)OC(C)(C)C)c([N+](=O)[O-])cc1N(C(=O)OC(C)(C)C)c1nccc(-c2c[nH]c3ccccc23)n1.COc1cc(N(C)CCN(C)C(=O)OC(C)(C)C)c([N+](=O)[O-])cc1N(C(=O)OC(C)(C)C)c1nccc(-c2cn(C(=O)OC(C)(C)C)c3ccccc23)n1. The molecule has 0 aliphatic rings. The highest BCUT2D eigenvalue weighted by atomic mass is 16.6. The number of para-hydroxylation sites is 2. The molecule has 0 atom stereocenters. The van der Waals surface area contributed by atoms with Crippen molar-refractivity contribution in [2.75, 3.05) is 88.2 Å². The molecule has 0 aliphatic heterocycles. The van der Waals surface area contributed by atoms with Crippen LogP contribution in [0.1, 0.15) is 104 Å². The number of nitrogens with one attached hydrogen (secondary N) is 1. The van der Waals surface area contributed by atoms with Crippen LogP contribution in [-0.4, -0.2) is 176 Å². The van der Waals surface area contributed by atoms with Gasteiger partial charge in [0.25, 0.3) is 11.4 Å². The Labute approximate surface area is 586 Å². The number of hydrogen-bond donors (Lipinski definition) is 1. The number of nitro benzene ring substituents is 2. The van der Waals surface area contributed by atoms with Crippen molar-refractivity contribution in [1.82, 2.24) is 39.3 Å². The first kappa shape index (κ1) is 77.0. The summed E-state index contributed by atoms with van der Waals surface area (Å²) in [5.41, 5.74) is -0.734. The van der Waals surface area contributed by atoms with Crippen LogP contribution in [0.2, 0.25) is 0 Å². The van der Waals surface area contributed by atoms with Crippen molar-refractivity contribution in [2.24, 2.45) is 0 Å². The van der Waals surface area contributed by atoms with E-state index < -0.39 is 68.3 Å². The minimum Gasteiger partial charge on any atom is -0.494 e. The molecule has 4 aromatic heterocycles. The highest BCUT2D eigenvalue weighted by Gasteiger charge is 2.36. The molecule has 101 heavy (non-hydrogen) atoms. The zero-order valence-electron chi connectivity index (χ0n) is 61.1. The van der Waals surface area contributed by atoms with Crippen LogP contribution in [0.3, 0.4) is 0 Å². The molecule has 4 aromatic carbocycles. The highest BCUT2D eigenvalue weighted by Crippen LogP contribution is 2.45. The van der Waals surface area contributed by atoms with Gasteiger partial charge < -0.3 is 57.7 Å². The fraction of sp³-hybridized carbons (Fsp3) is 0.423. The van der Waals surface area contributed by atoms with Crippen molar-refractivity contribution in [1.29, 1.82) is 0 Å². The Morgan fingerprint density at radius 3 is 1.28 bits per heavy atom. The molecule has 0 bridgehead atoms. The minimum absolute atomic E-state index is 0.00699. The molecule has 30 nitrogen and oxygen atoms in total. The van der Waals surface area contributed by atoms with Crippen molar-refractivity contribution in [3.8, 4) is 34.0 Å². The smallest absolute Gasteiger partial charge is 0.422 e. The van der Waals surface area contributed by atoms with E-state index in [2.05, 4.69) is 15.0 Å². The van der Waals surface area contributed by atoms with Gasteiger partial charge in [0.1, 0.15) is 62.3 Å². The van der Waals surface area contributed by atoms with Gasteiger partial charge in [-0.25, -0.2) is 53.7 Å². The second kappa shape index (κ2) is 30.8. The van der Waals surface area contributed by atoms with E-state index in [0.29, 0.717) is 27.9 Å². The summed E-state index contributed by atoms with van der Waals surface area (Å²) in [6.45, 7) is 26.9.